The van der Waals surface area contributed by atoms with Crippen LogP contribution in [0.4, 0.5) is 4.79 Å². The number of ether oxygens (including phenoxy) is 2. The first-order chi connectivity index (χ1) is 15.4. The molecular formula is C22H23N3O6S. The number of benzene rings is 1. The van der Waals surface area contributed by atoms with E-state index in [0.717, 1.165) is 4.88 Å². The fourth-order valence-corrected chi connectivity index (χ4v) is 3.86. The third-order valence-electron chi connectivity index (χ3n) is 4.52. The topological polar surface area (TPSA) is 123 Å². The number of rotatable bonds is 8. The van der Waals surface area contributed by atoms with Crippen molar-refractivity contribution in [2.45, 2.75) is 19.9 Å². The number of amides is 3. The van der Waals surface area contributed by atoms with Crippen molar-refractivity contribution in [2.75, 3.05) is 19.8 Å². The predicted molar refractivity (Wildman–Crippen MR) is 117 cm³/mol. The summed E-state index contributed by atoms with van der Waals surface area (Å²) in [6, 6.07) is 11.1. The average Bonchev–Trinajstić information content (AvgIpc) is 3.22. The lowest BCUT2D eigenvalue weighted by Crippen LogP contribution is -2.47. The molecule has 2 aromatic rings. The molecule has 0 unspecified atom stereocenters. The second kappa shape index (κ2) is 10.6. The number of hydrogen-bond donors (Lipinski definition) is 3. The minimum atomic E-state index is -0.764. The maximum Gasteiger partial charge on any atom is 0.338 e. The molecule has 1 atom stereocenters. The molecule has 3 N–H and O–H groups in total. The zero-order chi connectivity index (χ0) is 23.1. The largest absolute Gasteiger partial charge is 0.463 e. The molecule has 0 bridgehead atoms. The molecule has 1 aromatic carbocycles. The Morgan fingerprint density at radius 2 is 1.84 bits per heavy atom. The summed E-state index contributed by atoms with van der Waals surface area (Å²) in [5.74, 6) is -1.74. The minimum absolute atomic E-state index is 0.120. The minimum Gasteiger partial charge on any atom is -0.463 e. The second-order valence-corrected chi connectivity index (χ2v) is 8.10. The Kier molecular flexibility index (Phi) is 7.61. The Hall–Kier alpha value is -3.66. The number of aryl methyl sites for hydroxylation is 1. The zero-order valence-electron chi connectivity index (χ0n) is 17.6. The molecule has 32 heavy (non-hydrogen) atoms. The molecule has 1 aromatic heterocycles. The van der Waals surface area contributed by atoms with Crippen LogP contribution in [0, 0.1) is 6.92 Å². The van der Waals surface area contributed by atoms with E-state index in [1.807, 2.05) is 19.1 Å². The smallest absolute Gasteiger partial charge is 0.338 e. The van der Waals surface area contributed by atoms with Crippen molar-refractivity contribution in [3.8, 4) is 0 Å². The molecule has 0 saturated heterocycles. The Bertz CT molecular complexity index is 1050. The summed E-state index contributed by atoms with van der Waals surface area (Å²) in [7, 11) is 0. The number of thiophene rings is 1. The first-order valence-corrected chi connectivity index (χ1v) is 10.7. The van der Waals surface area contributed by atoms with Crippen LogP contribution in [-0.2, 0) is 19.1 Å². The number of urea groups is 1. The second-order valence-electron chi connectivity index (χ2n) is 6.81. The molecule has 0 aliphatic carbocycles. The highest BCUT2D eigenvalue weighted by Crippen LogP contribution is 2.27. The summed E-state index contributed by atoms with van der Waals surface area (Å²) in [4.78, 5) is 50.6. The van der Waals surface area contributed by atoms with Crippen molar-refractivity contribution in [3.63, 3.8) is 0 Å². The van der Waals surface area contributed by atoms with Crippen LogP contribution in [0.15, 0.2) is 53.7 Å². The van der Waals surface area contributed by atoms with Crippen LogP contribution in [-0.4, -0.2) is 43.6 Å². The fraction of sp³-hybridized carbons (Fsp3) is 0.273. The summed E-state index contributed by atoms with van der Waals surface area (Å²) < 4.78 is 10.4. The number of esters is 2. The number of carbonyl (C=O) groups excluding carboxylic acids is 4. The van der Waals surface area contributed by atoms with Crippen LogP contribution in [0.1, 0.15) is 33.1 Å². The van der Waals surface area contributed by atoms with Gasteiger partial charge in [-0.1, -0.05) is 30.3 Å². The lowest BCUT2D eigenvalue weighted by atomic mass is 9.95. The van der Waals surface area contributed by atoms with Crippen LogP contribution in [0.3, 0.4) is 0 Å². The molecule has 1 aliphatic heterocycles. The molecule has 9 nitrogen and oxygen atoms in total. The molecule has 0 fully saturated rings. The van der Waals surface area contributed by atoms with E-state index in [0.29, 0.717) is 10.4 Å². The average molecular weight is 458 g/mol. The van der Waals surface area contributed by atoms with Gasteiger partial charge in [-0.3, -0.25) is 9.59 Å². The van der Waals surface area contributed by atoms with Gasteiger partial charge in [0, 0.05) is 4.88 Å². The van der Waals surface area contributed by atoms with E-state index in [2.05, 4.69) is 16.0 Å². The molecule has 3 rings (SSSR count). The van der Waals surface area contributed by atoms with E-state index in [-0.39, 0.29) is 36.9 Å². The van der Waals surface area contributed by atoms with E-state index < -0.39 is 24.0 Å². The van der Waals surface area contributed by atoms with E-state index in [1.165, 1.54) is 11.3 Å². The molecule has 0 saturated carbocycles. The highest BCUT2D eigenvalue weighted by Gasteiger charge is 2.34. The van der Waals surface area contributed by atoms with Crippen LogP contribution >= 0.6 is 11.3 Å². The maximum atomic E-state index is 12.6. The quantitative estimate of drug-likeness (QED) is 0.523. The summed E-state index contributed by atoms with van der Waals surface area (Å²) in [6.07, 6.45) is 0. The molecule has 0 spiro atoms. The molecule has 1 aliphatic rings. The molecular weight excluding hydrogens is 434 g/mol. The Labute approximate surface area is 188 Å². The van der Waals surface area contributed by atoms with Gasteiger partial charge in [-0.2, -0.15) is 0 Å². The lowest BCUT2D eigenvalue weighted by molar-refractivity contribution is -0.142. The zero-order valence-corrected chi connectivity index (χ0v) is 18.4. The van der Waals surface area contributed by atoms with E-state index in [1.54, 1.807) is 37.3 Å². The van der Waals surface area contributed by atoms with Crippen LogP contribution in [0.5, 0.6) is 0 Å². The third kappa shape index (κ3) is 5.73. The van der Waals surface area contributed by atoms with Crippen LogP contribution in [0.25, 0.3) is 0 Å². The number of carbonyl (C=O) groups is 4. The Morgan fingerprint density at radius 3 is 2.50 bits per heavy atom. The first kappa shape index (κ1) is 23.0. The van der Waals surface area contributed by atoms with E-state index >= 15 is 0 Å². The predicted octanol–water partition coefficient (Wildman–Crippen LogP) is 2.20. The summed E-state index contributed by atoms with van der Waals surface area (Å²) in [6.45, 7) is 2.96. The summed E-state index contributed by atoms with van der Waals surface area (Å²) in [5.41, 5.74) is 0.936. The van der Waals surface area contributed by atoms with Crippen LogP contribution < -0.4 is 16.0 Å². The number of hydrogen-bond acceptors (Lipinski definition) is 7. The van der Waals surface area contributed by atoms with Crippen molar-refractivity contribution in [3.05, 3.63) is 69.1 Å². The van der Waals surface area contributed by atoms with Gasteiger partial charge in [0.05, 0.1) is 28.8 Å². The maximum absolute atomic E-state index is 12.6. The number of nitrogens with one attached hydrogen (secondary N) is 3. The van der Waals surface area contributed by atoms with Gasteiger partial charge in [-0.15, -0.1) is 11.3 Å². The van der Waals surface area contributed by atoms with Crippen molar-refractivity contribution in [1.29, 1.82) is 0 Å². The van der Waals surface area contributed by atoms with Crippen molar-refractivity contribution in [1.82, 2.24) is 16.0 Å². The Balaban J connectivity index is 1.71. The van der Waals surface area contributed by atoms with Crippen LogP contribution in [0.2, 0.25) is 0 Å². The van der Waals surface area contributed by atoms with Gasteiger partial charge in [-0.25, -0.2) is 9.59 Å². The lowest BCUT2D eigenvalue weighted by Gasteiger charge is -2.29. The van der Waals surface area contributed by atoms with Gasteiger partial charge in [0.2, 0.25) is 0 Å². The summed E-state index contributed by atoms with van der Waals surface area (Å²) >= 11 is 1.31. The van der Waals surface area contributed by atoms with Gasteiger partial charge in [-0.05, 0) is 31.5 Å². The van der Waals surface area contributed by atoms with Crippen molar-refractivity contribution < 1.29 is 28.7 Å². The van der Waals surface area contributed by atoms with Gasteiger partial charge >= 0.3 is 18.0 Å². The molecule has 2 heterocycles. The van der Waals surface area contributed by atoms with Crippen molar-refractivity contribution >= 4 is 35.2 Å². The van der Waals surface area contributed by atoms with Gasteiger partial charge in [0.25, 0.3) is 5.91 Å². The third-order valence-corrected chi connectivity index (χ3v) is 5.52. The molecule has 0 radical (unpaired) electrons. The van der Waals surface area contributed by atoms with Gasteiger partial charge in [0.1, 0.15) is 13.2 Å². The van der Waals surface area contributed by atoms with Gasteiger partial charge in [0.15, 0.2) is 0 Å². The first-order valence-electron chi connectivity index (χ1n) is 9.92. The van der Waals surface area contributed by atoms with Crippen molar-refractivity contribution in [2.24, 2.45) is 0 Å². The molecule has 10 heteroatoms. The summed E-state index contributed by atoms with van der Waals surface area (Å²) in [5, 5.41) is 7.70. The Morgan fingerprint density at radius 1 is 1.09 bits per heavy atom. The standard InChI is InChI=1S/C22H23N3O6S/c1-3-30-21(28)18-15(24-22(29)25-19(18)14-7-5-4-6-8-14)12-31-17(26)11-23-20(27)16-10-9-13(2)32-16/h4-10,19H,3,11-12H2,1-2H3,(H,23,27)(H2,24,25,29)/t19-/m0/s1. The van der Waals surface area contributed by atoms with E-state index in [9.17, 15) is 19.2 Å². The molecule has 168 valence electrons. The van der Waals surface area contributed by atoms with E-state index in [4.69, 9.17) is 9.47 Å². The highest BCUT2D eigenvalue weighted by atomic mass is 32.1. The van der Waals surface area contributed by atoms with Gasteiger partial charge < -0.3 is 25.4 Å². The monoisotopic (exact) mass is 457 g/mol. The SMILES string of the molecule is CCOC(=O)C1=C(COC(=O)CNC(=O)c2ccc(C)s2)NC(=O)N[C@H]1c1ccccc1. The normalized spacial score (nSPS) is 15.4. The fourth-order valence-electron chi connectivity index (χ4n) is 3.08. The highest BCUT2D eigenvalue weighted by molar-refractivity contribution is 7.13. The molecule has 3 amide bonds.